The van der Waals surface area contributed by atoms with Crippen molar-refractivity contribution in [2.24, 2.45) is 0 Å². The normalized spacial score (nSPS) is 10.8. The number of rotatable bonds is 8. The quantitative estimate of drug-likeness (QED) is 0.718. The van der Waals surface area contributed by atoms with Crippen LogP contribution >= 0.6 is 0 Å². The highest BCUT2D eigenvalue weighted by molar-refractivity contribution is 5.94. The molecule has 4 nitrogen and oxygen atoms in total. The van der Waals surface area contributed by atoms with Gasteiger partial charge in [-0.25, -0.2) is 0 Å². The number of benzene rings is 1. The van der Waals surface area contributed by atoms with E-state index in [1.165, 1.54) is 5.56 Å². The Morgan fingerprint density at radius 1 is 1.04 bits per heavy atom. The van der Waals surface area contributed by atoms with E-state index in [4.69, 9.17) is 0 Å². The van der Waals surface area contributed by atoms with Gasteiger partial charge in [0.2, 0.25) is 0 Å². The Hall–Kier alpha value is -2.36. The molecule has 0 aliphatic rings. The predicted molar refractivity (Wildman–Crippen MR) is 105 cm³/mol. The zero-order valence-corrected chi connectivity index (χ0v) is 15.7. The molecule has 0 atom stereocenters. The SMILES string of the molecule is CCCN(CCC)C(=O)c1cncc(Nc2ccc(C(C)C)cc2)c1. The molecule has 0 spiro atoms. The van der Waals surface area contributed by atoms with Gasteiger partial charge in [0, 0.05) is 25.0 Å². The molecule has 0 bridgehead atoms. The molecule has 0 saturated carbocycles. The highest BCUT2D eigenvalue weighted by atomic mass is 16.2. The summed E-state index contributed by atoms with van der Waals surface area (Å²) in [6.07, 6.45) is 5.31. The van der Waals surface area contributed by atoms with Gasteiger partial charge in [-0.05, 0) is 42.5 Å². The molecule has 0 radical (unpaired) electrons. The molecule has 0 aliphatic carbocycles. The number of hydrogen-bond donors (Lipinski definition) is 1. The Kier molecular flexibility index (Phi) is 6.99. The minimum Gasteiger partial charge on any atom is -0.354 e. The third-order valence-corrected chi connectivity index (χ3v) is 4.13. The number of pyridine rings is 1. The van der Waals surface area contributed by atoms with Crippen LogP contribution in [0, 0.1) is 0 Å². The summed E-state index contributed by atoms with van der Waals surface area (Å²) in [7, 11) is 0. The van der Waals surface area contributed by atoms with Crippen LogP contribution in [0.25, 0.3) is 0 Å². The topological polar surface area (TPSA) is 45.2 Å². The van der Waals surface area contributed by atoms with Crippen molar-refractivity contribution in [1.29, 1.82) is 0 Å². The Bertz CT molecular complexity index is 674. The summed E-state index contributed by atoms with van der Waals surface area (Å²) in [5, 5.41) is 3.34. The molecule has 1 heterocycles. The molecule has 134 valence electrons. The number of nitrogens with zero attached hydrogens (tertiary/aromatic N) is 2. The minimum absolute atomic E-state index is 0.0509. The first-order valence-corrected chi connectivity index (χ1v) is 9.16. The molecule has 1 amide bonds. The van der Waals surface area contributed by atoms with Crippen LogP contribution in [-0.4, -0.2) is 28.9 Å². The molecule has 4 heteroatoms. The summed E-state index contributed by atoms with van der Waals surface area (Å²) in [5.74, 6) is 0.565. The number of carbonyl (C=O) groups is 1. The fourth-order valence-corrected chi connectivity index (χ4v) is 2.78. The molecule has 1 N–H and O–H groups in total. The van der Waals surface area contributed by atoms with Crippen molar-refractivity contribution >= 4 is 17.3 Å². The maximum atomic E-state index is 12.7. The van der Waals surface area contributed by atoms with E-state index in [0.29, 0.717) is 11.5 Å². The average Bonchev–Trinajstić information content (AvgIpc) is 2.61. The Labute approximate surface area is 151 Å². The highest BCUT2D eigenvalue weighted by Crippen LogP contribution is 2.21. The van der Waals surface area contributed by atoms with Gasteiger partial charge in [0.05, 0.1) is 17.4 Å². The van der Waals surface area contributed by atoms with Gasteiger partial charge in [0.1, 0.15) is 0 Å². The number of amides is 1. The third-order valence-electron chi connectivity index (χ3n) is 4.13. The first kappa shape index (κ1) is 19.0. The van der Waals surface area contributed by atoms with Crippen LogP contribution in [-0.2, 0) is 0 Å². The molecule has 0 saturated heterocycles. The second-order valence-corrected chi connectivity index (χ2v) is 6.66. The van der Waals surface area contributed by atoms with Crippen LogP contribution < -0.4 is 5.32 Å². The van der Waals surface area contributed by atoms with Gasteiger partial charge in [-0.2, -0.15) is 0 Å². The van der Waals surface area contributed by atoms with E-state index in [9.17, 15) is 4.79 Å². The van der Waals surface area contributed by atoms with Crippen LogP contribution in [0.3, 0.4) is 0 Å². The van der Waals surface area contributed by atoms with Gasteiger partial charge < -0.3 is 10.2 Å². The van der Waals surface area contributed by atoms with E-state index >= 15 is 0 Å². The number of anilines is 2. The monoisotopic (exact) mass is 339 g/mol. The molecule has 1 aromatic carbocycles. The molecule has 2 aromatic rings. The summed E-state index contributed by atoms with van der Waals surface area (Å²) in [5.41, 5.74) is 3.76. The molecular weight excluding hydrogens is 310 g/mol. The summed E-state index contributed by atoms with van der Waals surface area (Å²) < 4.78 is 0. The van der Waals surface area contributed by atoms with Gasteiger partial charge in [-0.1, -0.05) is 39.8 Å². The Morgan fingerprint density at radius 2 is 1.68 bits per heavy atom. The Morgan fingerprint density at radius 3 is 2.24 bits per heavy atom. The van der Waals surface area contributed by atoms with Gasteiger partial charge in [-0.15, -0.1) is 0 Å². The Balaban J connectivity index is 2.13. The molecule has 1 aromatic heterocycles. The lowest BCUT2D eigenvalue weighted by Gasteiger charge is -2.21. The predicted octanol–water partition coefficient (Wildman–Crippen LogP) is 5.21. The summed E-state index contributed by atoms with van der Waals surface area (Å²) >= 11 is 0. The smallest absolute Gasteiger partial charge is 0.255 e. The van der Waals surface area contributed by atoms with Gasteiger partial charge in [0.15, 0.2) is 0 Å². The fraction of sp³-hybridized carbons (Fsp3) is 0.429. The van der Waals surface area contributed by atoms with Crippen LogP contribution in [0.15, 0.2) is 42.7 Å². The summed E-state index contributed by atoms with van der Waals surface area (Å²) in [4.78, 5) is 18.8. The average molecular weight is 339 g/mol. The molecule has 2 rings (SSSR count). The lowest BCUT2D eigenvalue weighted by Crippen LogP contribution is -2.32. The molecule has 0 fully saturated rings. The summed E-state index contributed by atoms with van der Waals surface area (Å²) in [6, 6.07) is 10.2. The molecule has 0 aliphatic heterocycles. The van der Waals surface area contributed by atoms with E-state index in [1.807, 2.05) is 11.0 Å². The van der Waals surface area contributed by atoms with E-state index in [2.05, 4.69) is 62.3 Å². The van der Waals surface area contributed by atoms with Crippen molar-refractivity contribution in [3.8, 4) is 0 Å². The highest BCUT2D eigenvalue weighted by Gasteiger charge is 2.15. The lowest BCUT2D eigenvalue weighted by atomic mass is 10.0. The number of hydrogen-bond acceptors (Lipinski definition) is 3. The van der Waals surface area contributed by atoms with Crippen LogP contribution in [0.5, 0.6) is 0 Å². The number of carbonyl (C=O) groups excluding carboxylic acids is 1. The van der Waals surface area contributed by atoms with Crippen LogP contribution in [0.4, 0.5) is 11.4 Å². The van der Waals surface area contributed by atoms with Crippen molar-refractivity contribution in [2.45, 2.75) is 46.5 Å². The van der Waals surface area contributed by atoms with Gasteiger partial charge in [0.25, 0.3) is 5.91 Å². The standard InChI is InChI=1S/C21H29N3O/c1-5-11-24(12-6-2)21(25)18-13-20(15-22-14-18)23-19-9-7-17(8-10-19)16(3)4/h7-10,13-16,23H,5-6,11-12H2,1-4H3. The van der Waals surface area contributed by atoms with E-state index in [-0.39, 0.29) is 5.91 Å². The zero-order chi connectivity index (χ0) is 18.2. The second kappa shape index (κ2) is 9.21. The van der Waals surface area contributed by atoms with Crippen molar-refractivity contribution < 1.29 is 4.79 Å². The molecule has 25 heavy (non-hydrogen) atoms. The summed E-state index contributed by atoms with van der Waals surface area (Å²) in [6.45, 7) is 10.1. The van der Waals surface area contributed by atoms with E-state index < -0.39 is 0 Å². The van der Waals surface area contributed by atoms with Crippen LogP contribution in [0.2, 0.25) is 0 Å². The van der Waals surface area contributed by atoms with Gasteiger partial charge >= 0.3 is 0 Å². The number of nitrogens with one attached hydrogen (secondary N) is 1. The van der Waals surface area contributed by atoms with E-state index in [0.717, 1.165) is 37.3 Å². The number of aromatic nitrogens is 1. The van der Waals surface area contributed by atoms with Gasteiger partial charge in [-0.3, -0.25) is 9.78 Å². The lowest BCUT2D eigenvalue weighted by molar-refractivity contribution is 0.0755. The first-order valence-electron chi connectivity index (χ1n) is 9.16. The van der Waals surface area contributed by atoms with Crippen molar-refractivity contribution in [3.05, 3.63) is 53.9 Å². The van der Waals surface area contributed by atoms with Crippen molar-refractivity contribution in [3.63, 3.8) is 0 Å². The first-order chi connectivity index (χ1) is 12.0. The minimum atomic E-state index is 0.0509. The molecular formula is C21H29N3O. The largest absolute Gasteiger partial charge is 0.354 e. The van der Waals surface area contributed by atoms with E-state index in [1.54, 1.807) is 12.4 Å². The zero-order valence-electron chi connectivity index (χ0n) is 15.7. The molecule has 0 unspecified atom stereocenters. The fourth-order valence-electron chi connectivity index (χ4n) is 2.78. The maximum Gasteiger partial charge on any atom is 0.255 e. The maximum absolute atomic E-state index is 12.7. The van der Waals surface area contributed by atoms with Crippen LogP contribution in [0.1, 0.15) is 62.4 Å². The van der Waals surface area contributed by atoms with Crippen molar-refractivity contribution in [1.82, 2.24) is 9.88 Å². The third kappa shape index (κ3) is 5.31. The van der Waals surface area contributed by atoms with Crippen molar-refractivity contribution in [2.75, 3.05) is 18.4 Å². The second-order valence-electron chi connectivity index (χ2n) is 6.66.